The third kappa shape index (κ3) is 5.29. The molecular weight excluding hydrogens is 438 g/mol. The highest BCUT2D eigenvalue weighted by atomic mass is 35.5. The summed E-state index contributed by atoms with van der Waals surface area (Å²) in [5, 5.41) is 2.21. The summed E-state index contributed by atoms with van der Waals surface area (Å²) in [4.78, 5) is 29.5. The van der Waals surface area contributed by atoms with Gasteiger partial charge in [-0.05, 0) is 48.9 Å². The van der Waals surface area contributed by atoms with Gasteiger partial charge in [0.15, 0.2) is 0 Å². The zero-order valence-corrected chi connectivity index (χ0v) is 16.9. The molecule has 1 amide bonds. The summed E-state index contributed by atoms with van der Waals surface area (Å²) in [6.07, 6.45) is -4.16. The molecule has 0 saturated heterocycles. The van der Waals surface area contributed by atoms with Gasteiger partial charge in [0.1, 0.15) is 18.2 Å². The fourth-order valence-corrected chi connectivity index (χ4v) is 3.00. The first kappa shape index (κ1) is 22.5. The van der Waals surface area contributed by atoms with Gasteiger partial charge in [-0.3, -0.25) is 14.2 Å². The molecule has 2 aromatic carbocycles. The largest absolute Gasteiger partial charge is 0.416 e. The maximum Gasteiger partial charge on any atom is 0.416 e. The van der Waals surface area contributed by atoms with Crippen LogP contribution in [-0.2, 0) is 23.9 Å². The maximum absolute atomic E-state index is 13.3. The van der Waals surface area contributed by atoms with Gasteiger partial charge in [0, 0.05) is 17.3 Å². The van der Waals surface area contributed by atoms with Gasteiger partial charge in [0.2, 0.25) is 5.91 Å². The number of alkyl halides is 3. The van der Waals surface area contributed by atoms with Gasteiger partial charge < -0.3 is 5.32 Å². The van der Waals surface area contributed by atoms with Gasteiger partial charge in [-0.25, -0.2) is 9.37 Å². The topological polar surface area (TPSA) is 64.0 Å². The smallest absolute Gasteiger partial charge is 0.323 e. The minimum atomic E-state index is -4.61. The lowest BCUT2D eigenvalue weighted by atomic mass is 10.2. The quantitative estimate of drug-likeness (QED) is 0.557. The number of carbonyl (C=O) groups excluding carboxylic acids is 1. The second-order valence-electron chi connectivity index (χ2n) is 6.60. The van der Waals surface area contributed by atoms with Crippen molar-refractivity contribution >= 4 is 23.2 Å². The highest BCUT2D eigenvalue weighted by Gasteiger charge is 2.31. The van der Waals surface area contributed by atoms with Crippen LogP contribution in [0.4, 0.5) is 23.2 Å². The molecule has 3 aromatic rings. The minimum Gasteiger partial charge on any atom is -0.323 e. The van der Waals surface area contributed by atoms with E-state index in [1.165, 1.54) is 30.3 Å². The third-order valence-electron chi connectivity index (χ3n) is 4.40. The van der Waals surface area contributed by atoms with Crippen LogP contribution in [0.1, 0.15) is 18.2 Å². The first-order valence-electron chi connectivity index (χ1n) is 9.11. The minimum absolute atomic E-state index is 0.0908. The van der Waals surface area contributed by atoms with Crippen molar-refractivity contribution in [1.82, 2.24) is 9.55 Å². The van der Waals surface area contributed by atoms with Crippen molar-refractivity contribution in [2.75, 3.05) is 5.32 Å². The molecule has 1 N–H and O–H groups in total. The Hall–Kier alpha value is -3.20. The molecule has 1 aromatic heterocycles. The molecule has 5 nitrogen and oxygen atoms in total. The number of halogens is 5. The number of amides is 1. The van der Waals surface area contributed by atoms with Crippen molar-refractivity contribution in [3.8, 4) is 11.4 Å². The van der Waals surface area contributed by atoms with Crippen LogP contribution in [0.2, 0.25) is 5.02 Å². The number of aryl methyl sites for hydroxylation is 1. The van der Waals surface area contributed by atoms with E-state index in [1.54, 1.807) is 6.92 Å². The number of benzene rings is 2. The predicted molar refractivity (Wildman–Crippen MR) is 108 cm³/mol. The van der Waals surface area contributed by atoms with E-state index in [0.29, 0.717) is 23.7 Å². The molecule has 0 radical (unpaired) electrons. The van der Waals surface area contributed by atoms with Crippen molar-refractivity contribution in [1.29, 1.82) is 0 Å². The zero-order valence-electron chi connectivity index (χ0n) is 16.1. The van der Waals surface area contributed by atoms with Crippen molar-refractivity contribution < 1.29 is 22.4 Å². The van der Waals surface area contributed by atoms with Crippen LogP contribution in [0, 0.1) is 5.82 Å². The summed E-state index contributed by atoms with van der Waals surface area (Å²) >= 11 is 5.91. The predicted octanol–water partition coefficient (Wildman–Crippen LogP) is 4.92. The van der Waals surface area contributed by atoms with Crippen LogP contribution < -0.4 is 10.9 Å². The standard InChI is InChI=1S/C21H16ClF4N3O2/c1-2-15-10-19(31)29(20(27-15)12-3-6-14(23)7-4-12)11-18(30)28-17-9-13(21(24,25)26)5-8-16(17)22/h3-10H,2,11H2,1H3,(H,28,30). The molecule has 162 valence electrons. The molecular formula is C21H16ClF4N3O2. The molecule has 1 heterocycles. The first-order chi connectivity index (χ1) is 14.6. The fourth-order valence-electron chi connectivity index (χ4n) is 2.84. The van der Waals surface area contributed by atoms with Crippen LogP contribution >= 0.6 is 11.6 Å². The Balaban J connectivity index is 1.95. The van der Waals surface area contributed by atoms with Gasteiger partial charge in [0.05, 0.1) is 16.3 Å². The highest BCUT2D eigenvalue weighted by Crippen LogP contribution is 2.33. The van der Waals surface area contributed by atoms with E-state index >= 15 is 0 Å². The number of nitrogens with one attached hydrogen (secondary N) is 1. The Kier molecular flexibility index (Phi) is 6.45. The van der Waals surface area contributed by atoms with E-state index < -0.39 is 35.6 Å². The molecule has 10 heteroatoms. The summed E-state index contributed by atoms with van der Waals surface area (Å²) in [6, 6.07) is 8.99. The summed E-state index contributed by atoms with van der Waals surface area (Å²) in [5.41, 5.74) is -0.876. The molecule has 0 atom stereocenters. The van der Waals surface area contributed by atoms with Gasteiger partial charge in [-0.15, -0.1) is 0 Å². The van der Waals surface area contributed by atoms with Crippen LogP contribution in [0.5, 0.6) is 0 Å². The lowest BCUT2D eigenvalue weighted by molar-refractivity contribution is -0.137. The van der Waals surface area contributed by atoms with E-state index in [9.17, 15) is 27.2 Å². The monoisotopic (exact) mass is 453 g/mol. The van der Waals surface area contributed by atoms with E-state index in [1.807, 2.05) is 0 Å². The summed E-state index contributed by atoms with van der Waals surface area (Å²) in [5.74, 6) is -1.13. The molecule has 0 bridgehead atoms. The van der Waals surface area contributed by atoms with E-state index in [2.05, 4.69) is 10.3 Å². The Morgan fingerprint density at radius 3 is 2.42 bits per heavy atom. The average Bonchev–Trinajstić information content (AvgIpc) is 2.70. The summed E-state index contributed by atoms with van der Waals surface area (Å²) < 4.78 is 53.2. The molecule has 0 fully saturated rings. The Labute approximate surface area is 179 Å². The second kappa shape index (κ2) is 8.89. The van der Waals surface area contributed by atoms with Crippen molar-refractivity contribution in [2.45, 2.75) is 26.1 Å². The first-order valence-corrected chi connectivity index (χ1v) is 9.49. The Bertz CT molecular complexity index is 1170. The number of carbonyl (C=O) groups is 1. The van der Waals surface area contributed by atoms with Gasteiger partial charge in [-0.2, -0.15) is 13.2 Å². The van der Waals surface area contributed by atoms with Crippen molar-refractivity contribution in [3.63, 3.8) is 0 Å². The third-order valence-corrected chi connectivity index (χ3v) is 4.73. The summed E-state index contributed by atoms with van der Waals surface area (Å²) in [7, 11) is 0. The molecule has 0 spiro atoms. The van der Waals surface area contributed by atoms with E-state index in [0.717, 1.165) is 16.7 Å². The average molecular weight is 454 g/mol. The van der Waals surface area contributed by atoms with Crippen molar-refractivity contribution in [2.24, 2.45) is 0 Å². The van der Waals surface area contributed by atoms with Gasteiger partial charge in [0.25, 0.3) is 5.56 Å². The van der Waals surface area contributed by atoms with Crippen LogP contribution in [0.15, 0.2) is 53.3 Å². The Morgan fingerprint density at radius 2 is 1.81 bits per heavy atom. The molecule has 0 unspecified atom stereocenters. The van der Waals surface area contributed by atoms with Crippen LogP contribution in [-0.4, -0.2) is 15.5 Å². The molecule has 0 saturated carbocycles. The maximum atomic E-state index is 13.3. The zero-order chi connectivity index (χ0) is 22.8. The number of nitrogens with zero attached hydrogens (tertiary/aromatic N) is 2. The van der Waals surface area contributed by atoms with Crippen LogP contribution in [0.25, 0.3) is 11.4 Å². The van der Waals surface area contributed by atoms with Gasteiger partial charge >= 0.3 is 6.18 Å². The van der Waals surface area contributed by atoms with Gasteiger partial charge in [-0.1, -0.05) is 18.5 Å². The van der Waals surface area contributed by atoms with E-state index in [-0.39, 0.29) is 16.5 Å². The van der Waals surface area contributed by atoms with Crippen molar-refractivity contribution in [3.05, 3.63) is 81.0 Å². The number of anilines is 1. The molecule has 31 heavy (non-hydrogen) atoms. The number of hydrogen-bond donors (Lipinski definition) is 1. The second-order valence-corrected chi connectivity index (χ2v) is 7.00. The molecule has 0 aliphatic rings. The number of rotatable bonds is 5. The highest BCUT2D eigenvalue weighted by molar-refractivity contribution is 6.33. The lowest BCUT2D eigenvalue weighted by Crippen LogP contribution is -2.30. The molecule has 3 rings (SSSR count). The Morgan fingerprint density at radius 1 is 1.13 bits per heavy atom. The molecule has 0 aliphatic heterocycles. The van der Waals surface area contributed by atoms with E-state index in [4.69, 9.17) is 11.6 Å². The number of aromatic nitrogens is 2. The van der Waals surface area contributed by atoms with Crippen LogP contribution in [0.3, 0.4) is 0 Å². The summed E-state index contributed by atoms with van der Waals surface area (Å²) in [6.45, 7) is 1.26. The fraction of sp³-hybridized carbons (Fsp3) is 0.190. The normalized spacial score (nSPS) is 11.4. The molecule has 0 aliphatic carbocycles. The number of hydrogen-bond acceptors (Lipinski definition) is 3. The SMILES string of the molecule is CCc1cc(=O)n(CC(=O)Nc2cc(C(F)(F)F)ccc2Cl)c(-c2ccc(F)cc2)n1. The lowest BCUT2D eigenvalue weighted by Gasteiger charge is -2.15.